The van der Waals surface area contributed by atoms with Crippen LogP contribution in [-0.2, 0) is 24.9 Å². The Morgan fingerprint density at radius 2 is 2.03 bits per heavy atom. The van der Waals surface area contributed by atoms with Gasteiger partial charge in [0.1, 0.15) is 11.5 Å². The summed E-state index contributed by atoms with van der Waals surface area (Å²) in [5.74, 6) is 0.672. The lowest BCUT2D eigenvalue weighted by atomic mass is 9.94. The number of ether oxygens (including phenoxy) is 1. The molecule has 1 saturated heterocycles. The Hall–Kier alpha value is -3.95. The number of rotatable bonds is 3. The molecule has 3 aromatic heterocycles. The Balaban J connectivity index is 1.27. The standard InChI is InChI=1S/C28H29N7O2/c1-33-14-17-16-37-12-11-35(17)24-5-6-25(32-23(24)15-33)31-22-4-3-18(21-13-30-28(36)26(21)22)19-7-9-29-27-20(19)8-10-34(27)2/h3-10,17H,11-16H2,1-2H3,(H,30,36)(H,31,32)/t17-/m1/s1. The molecule has 6 heterocycles. The molecule has 37 heavy (non-hydrogen) atoms. The molecule has 3 aliphatic rings. The number of carbonyl (C=O) groups excluding carboxylic acids is 1. The van der Waals surface area contributed by atoms with Gasteiger partial charge in [-0.3, -0.25) is 9.69 Å². The molecule has 188 valence electrons. The molecule has 4 aromatic rings. The summed E-state index contributed by atoms with van der Waals surface area (Å²) in [7, 11) is 4.12. The predicted octanol–water partition coefficient (Wildman–Crippen LogP) is 3.27. The fourth-order valence-electron chi connectivity index (χ4n) is 5.99. The molecule has 0 unspecified atom stereocenters. The van der Waals surface area contributed by atoms with Crippen LogP contribution in [-0.4, -0.2) is 64.7 Å². The normalized spacial score (nSPS) is 19.2. The van der Waals surface area contributed by atoms with Gasteiger partial charge in [-0.2, -0.15) is 0 Å². The lowest BCUT2D eigenvalue weighted by molar-refractivity contribution is 0.0844. The first-order valence-corrected chi connectivity index (χ1v) is 12.7. The fraction of sp³-hybridized carbons (Fsp3) is 0.321. The van der Waals surface area contributed by atoms with Crippen molar-refractivity contribution >= 4 is 34.1 Å². The molecule has 0 radical (unpaired) electrons. The van der Waals surface area contributed by atoms with E-state index in [0.717, 1.165) is 77.8 Å². The SMILES string of the molecule is CN1Cc2nc(Nc3ccc(-c4ccnc5c4ccn5C)c4c3C(=O)NC4)ccc2N2CCOC[C@H]2C1. The number of nitrogens with one attached hydrogen (secondary N) is 2. The molecule has 3 aliphatic heterocycles. The van der Waals surface area contributed by atoms with Gasteiger partial charge in [0.2, 0.25) is 0 Å². The van der Waals surface area contributed by atoms with E-state index in [1.54, 1.807) is 0 Å². The molecule has 0 saturated carbocycles. The summed E-state index contributed by atoms with van der Waals surface area (Å²) < 4.78 is 7.75. The average Bonchev–Trinajstić information content (AvgIpc) is 3.44. The summed E-state index contributed by atoms with van der Waals surface area (Å²) >= 11 is 0. The number of aromatic nitrogens is 3. The van der Waals surface area contributed by atoms with Crippen molar-refractivity contribution in [3.05, 3.63) is 65.6 Å². The Bertz CT molecular complexity index is 1550. The largest absolute Gasteiger partial charge is 0.377 e. The van der Waals surface area contributed by atoms with Crippen molar-refractivity contribution < 1.29 is 9.53 Å². The summed E-state index contributed by atoms with van der Waals surface area (Å²) in [5, 5.41) is 7.56. The van der Waals surface area contributed by atoms with Crippen LogP contribution in [0.1, 0.15) is 21.6 Å². The number of amides is 1. The van der Waals surface area contributed by atoms with E-state index in [1.807, 2.05) is 42.2 Å². The van der Waals surface area contributed by atoms with Gasteiger partial charge in [0, 0.05) is 51.0 Å². The summed E-state index contributed by atoms with van der Waals surface area (Å²) in [6.07, 6.45) is 3.84. The number of likely N-dealkylation sites (N-methyl/N-ethyl adjacent to an activating group) is 1. The number of hydrogen-bond donors (Lipinski definition) is 2. The highest BCUT2D eigenvalue weighted by Crippen LogP contribution is 2.38. The maximum Gasteiger partial charge on any atom is 0.254 e. The van der Waals surface area contributed by atoms with Gasteiger partial charge in [-0.1, -0.05) is 6.07 Å². The molecule has 9 nitrogen and oxygen atoms in total. The zero-order chi connectivity index (χ0) is 25.1. The summed E-state index contributed by atoms with van der Waals surface area (Å²) in [4.78, 5) is 27.3. The Morgan fingerprint density at radius 1 is 1.11 bits per heavy atom. The van der Waals surface area contributed by atoms with Crippen LogP contribution in [0, 0.1) is 0 Å². The molecular weight excluding hydrogens is 466 g/mol. The van der Waals surface area contributed by atoms with E-state index >= 15 is 0 Å². The van der Waals surface area contributed by atoms with Crippen LogP contribution in [0.25, 0.3) is 22.2 Å². The van der Waals surface area contributed by atoms with Crippen molar-refractivity contribution in [2.75, 3.05) is 43.6 Å². The number of aryl methyl sites for hydroxylation is 1. The van der Waals surface area contributed by atoms with E-state index in [4.69, 9.17) is 9.72 Å². The minimum Gasteiger partial charge on any atom is -0.377 e. The Morgan fingerprint density at radius 3 is 2.95 bits per heavy atom. The van der Waals surface area contributed by atoms with Crippen LogP contribution in [0.2, 0.25) is 0 Å². The van der Waals surface area contributed by atoms with E-state index in [9.17, 15) is 4.79 Å². The van der Waals surface area contributed by atoms with Crippen LogP contribution in [0.3, 0.4) is 0 Å². The average molecular weight is 496 g/mol. The zero-order valence-electron chi connectivity index (χ0n) is 21.0. The highest BCUT2D eigenvalue weighted by molar-refractivity contribution is 6.07. The van der Waals surface area contributed by atoms with Crippen LogP contribution in [0.5, 0.6) is 0 Å². The van der Waals surface area contributed by atoms with Gasteiger partial charge in [0.05, 0.1) is 41.9 Å². The van der Waals surface area contributed by atoms with Gasteiger partial charge < -0.3 is 24.8 Å². The first-order valence-electron chi connectivity index (χ1n) is 12.7. The summed E-state index contributed by atoms with van der Waals surface area (Å²) in [5.41, 5.74) is 7.71. The molecule has 0 bridgehead atoms. The van der Waals surface area contributed by atoms with E-state index in [-0.39, 0.29) is 5.91 Å². The quantitative estimate of drug-likeness (QED) is 0.451. The van der Waals surface area contributed by atoms with Crippen molar-refractivity contribution in [3.63, 3.8) is 0 Å². The van der Waals surface area contributed by atoms with Crippen molar-refractivity contribution in [2.45, 2.75) is 19.1 Å². The maximum atomic E-state index is 13.0. The van der Waals surface area contributed by atoms with Gasteiger partial charge in [-0.05, 0) is 54.1 Å². The van der Waals surface area contributed by atoms with Gasteiger partial charge in [-0.15, -0.1) is 0 Å². The number of nitrogens with zero attached hydrogens (tertiary/aromatic N) is 5. The van der Waals surface area contributed by atoms with Crippen LogP contribution in [0.15, 0.2) is 48.8 Å². The minimum absolute atomic E-state index is 0.0663. The van der Waals surface area contributed by atoms with Crippen molar-refractivity contribution in [3.8, 4) is 11.1 Å². The smallest absolute Gasteiger partial charge is 0.254 e. The topological polar surface area (TPSA) is 87.5 Å². The molecular formula is C28H29N7O2. The first-order chi connectivity index (χ1) is 18.1. The fourth-order valence-corrected chi connectivity index (χ4v) is 5.99. The predicted molar refractivity (Wildman–Crippen MR) is 143 cm³/mol. The molecule has 1 amide bonds. The molecule has 7 rings (SSSR count). The zero-order valence-corrected chi connectivity index (χ0v) is 21.0. The van der Waals surface area contributed by atoms with Crippen molar-refractivity contribution in [2.24, 2.45) is 7.05 Å². The van der Waals surface area contributed by atoms with Crippen molar-refractivity contribution in [1.29, 1.82) is 0 Å². The van der Waals surface area contributed by atoms with Crippen LogP contribution in [0.4, 0.5) is 17.2 Å². The number of carbonyl (C=O) groups is 1. The van der Waals surface area contributed by atoms with E-state index in [1.165, 1.54) is 5.69 Å². The molecule has 0 aliphatic carbocycles. The van der Waals surface area contributed by atoms with Crippen LogP contribution < -0.4 is 15.5 Å². The van der Waals surface area contributed by atoms with Gasteiger partial charge >= 0.3 is 0 Å². The van der Waals surface area contributed by atoms with Gasteiger partial charge in [0.25, 0.3) is 5.91 Å². The molecule has 9 heteroatoms. The number of fused-ring (bicyclic) bond motifs is 5. The second kappa shape index (κ2) is 8.57. The van der Waals surface area contributed by atoms with E-state index in [2.05, 4.69) is 50.7 Å². The third kappa shape index (κ3) is 3.65. The Labute approximate surface area is 215 Å². The number of morpholine rings is 1. The third-order valence-electron chi connectivity index (χ3n) is 7.72. The monoisotopic (exact) mass is 495 g/mol. The molecule has 1 fully saturated rings. The minimum atomic E-state index is -0.0663. The molecule has 1 aromatic carbocycles. The van der Waals surface area contributed by atoms with Gasteiger partial charge in [-0.25, -0.2) is 9.97 Å². The lowest BCUT2D eigenvalue weighted by Crippen LogP contribution is -2.49. The number of pyridine rings is 2. The molecule has 1 atom stereocenters. The van der Waals surface area contributed by atoms with Crippen molar-refractivity contribution in [1.82, 2.24) is 24.8 Å². The maximum absolute atomic E-state index is 13.0. The van der Waals surface area contributed by atoms with Crippen LogP contribution >= 0.6 is 0 Å². The second-order valence-electron chi connectivity index (χ2n) is 10.1. The highest BCUT2D eigenvalue weighted by atomic mass is 16.5. The molecule has 0 spiro atoms. The third-order valence-corrected chi connectivity index (χ3v) is 7.72. The van der Waals surface area contributed by atoms with E-state index in [0.29, 0.717) is 18.2 Å². The molecule has 2 N–H and O–H groups in total. The number of benzene rings is 1. The second-order valence-corrected chi connectivity index (χ2v) is 10.1. The Kier molecular flexibility index (Phi) is 5.16. The first kappa shape index (κ1) is 22.3. The van der Waals surface area contributed by atoms with Gasteiger partial charge in [0.15, 0.2) is 0 Å². The lowest BCUT2D eigenvalue weighted by Gasteiger charge is -2.37. The number of hydrogen-bond acceptors (Lipinski definition) is 7. The summed E-state index contributed by atoms with van der Waals surface area (Å²) in [6, 6.07) is 12.7. The summed E-state index contributed by atoms with van der Waals surface area (Å²) in [6.45, 7) is 4.56. The highest BCUT2D eigenvalue weighted by Gasteiger charge is 2.31. The number of anilines is 3. The van der Waals surface area contributed by atoms with E-state index < -0.39 is 0 Å².